The molecule has 4 amide bonds. The molecule has 0 spiro atoms. The summed E-state index contributed by atoms with van der Waals surface area (Å²) in [4.78, 5) is 87.6. The van der Waals surface area contributed by atoms with Crippen molar-refractivity contribution >= 4 is 53.1 Å². The van der Waals surface area contributed by atoms with E-state index in [0.29, 0.717) is 19.4 Å². The number of aryl methyl sites for hydroxylation is 3. The molecule has 2 aliphatic rings. The number of aromatic nitrogens is 5. The molecule has 21 nitrogen and oxygen atoms in total. The minimum absolute atomic E-state index is 0.00174. The standard InChI is InChI=1S/C37H41N9O12/c1-6-12-57-37(54)46-23-16-26(25(55-5)15-21(23)33(49)45-11-7-9-22(45)34(46)50)56-13-8-10-29(47)38-27-18-43(3)30(39-27)32(48)41-28-19-44(4)31(40-28)36(53)58-20-14-24(35(51)52)42(2)17-20/h6,14-19,22,34,50H,1,7-13H2,2-5H3,(H,38,47)(H,41,48)(H,51,52)/t22-,34?/m0/s1. The van der Waals surface area contributed by atoms with E-state index in [9.17, 15) is 39.0 Å². The van der Waals surface area contributed by atoms with Gasteiger partial charge in [-0.3, -0.25) is 14.4 Å². The van der Waals surface area contributed by atoms with Crippen LogP contribution in [-0.4, -0.2) is 114 Å². The molecule has 4 N–H and O–H groups in total. The molecule has 1 unspecified atom stereocenters. The van der Waals surface area contributed by atoms with Crippen molar-refractivity contribution in [3.63, 3.8) is 0 Å². The number of ether oxygens (including phenoxy) is 4. The summed E-state index contributed by atoms with van der Waals surface area (Å²) >= 11 is 0. The smallest absolute Gasteiger partial charge is 0.416 e. The monoisotopic (exact) mass is 803 g/mol. The quantitative estimate of drug-likeness (QED) is 0.0813. The predicted octanol–water partition coefficient (Wildman–Crippen LogP) is 2.53. The molecule has 306 valence electrons. The lowest BCUT2D eigenvalue weighted by Crippen LogP contribution is -2.50. The predicted molar refractivity (Wildman–Crippen MR) is 202 cm³/mol. The van der Waals surface area contributed by atoms with E-state index >= 15 is 0 Å². The molecule has 5 heterocycles. The molecule has 0 bridgehead atoms. The van der Waals surface area contributed by atoms with Gasteiger partial charge in [0.2, 0.25) is 17.6 Å². The highest BCUT2D eigenvalue weighted by molar-refractivity contribution is 6.06. The largest absolute Gasteiger partial charge is 0.493 e. The maximum Gasteiger partial charge on any atom is 0.416 e. The van der Waals surface area contributed by atoms with Gasteiger partial charge >= 0.3 is 18.0 Å². The molecular weight excluding hydrogens is 762 g/mol. The summed E-state index contributed by atoms with van der Waals surface area (Å²) in [5.74, 6) is -3.40. The normalized spacial score (nSPS) is 15.8. The van der Waals surface area contributed by atoms with E-state index in [0.717, 1.165) is 4.90 Å². The third kappa shape index (κ3) is 8.33. The van der Waals surface area contributed by atoms with Gasteiger partial charge in [0.15, 0.2) is 29.4 Å². The second-order valence-electron chi connectivity index (χ2n) is 13.3. The Bertz CT molecular complexity index is 2290. The van der Waals surface area contributed by atoms with Gasteiger partial charge in [-0.1, -0.05) is 12.7 Å². The number of hydrogen-bond donors (Lipinski definition) is 4. The van der Waals surface area contributed by atoms with Crippen molar-refractivity contribution in [2.45, 2.75) is 38.0 Å². The summed E-state index contributed by atoms with van der Waals surface area (Å²) in [7, 11) is 5.93. The Hall–Kier alpha value is -7.16. The average Bonchev–Trinajstić information content (AvgIpc) is 3.97. The van der Waals surface area contributed by atoms with Crippen LogP contribution in [0.3, 0.4) is 0 Å². The maximum atomic E-state index is 13.6. The fraction of sp³-hybridized carbons (Fsp3) is 0.351. The number of nitrogens with one attached hydrogen (secondary N) is 2. The Kier molecular flexibility index (Phi) is 11.8. The molecule has 2 aliphatic heterocycles. The van der Waals surface area contributed by atoms with Gasteiger partial charge in [0.1, 0.15) is 18.1 Å². The zero-order chi connectivity index (χ0) is 41.8. The topological polar surface area (TPSA) is 251 Å². The number of hydrogen-bond acceptors (Lipinski definition) is 13. The number of imidazole rings is 2. The average molecular weight is 804 g/mol. The van der Waals surface area contributed by atoms with Crippen LogP contribution in [0.4, 0.5) is 22.1 Å². The van der Waals surface area contributed by atoms with Gasteiger partial charge in [0.05, 0.1) is 31.0 Å². The number of carbonyl (C=O) groups excluding carboxylic acids is 5. The molecule has 1 aromatic carbocycles. The number of nitrogens with zero attached hydrogens (tertiary/aromatic N) is 7. The summed E-state index contributed by atoms with van der Waals surface area (Å²) in [6.45, 7) is 3.86. The molecule has 1 saturated heterocycles. The van der Waals surface area contributed by atoms with Gasteiger partial charge in [0.25, 0.3) is 11.8 Å². The number of amides is 4. The highest BCUT2D eigenvalue weighted by Crippen LogP contribution is 2.41. The molecule has 3 aromatic heterocycles. The molecule has 6 rings (SSSR count). The summed E-state index contributed by atoms with van der Waals surface area (Å²) in [5.41, 5.74) is 0.116. The second-order valence-corrected chi connectivity index (χ2v) is 13.3. The number of esters is 1. The third-order valence-corrected chi connectivity index (χ3v) is 9.32. The molecule has 0 radical (unpaired) electrons. The van der Waals surface area contributed by atoms with Gasteiger partial charge in [0, 0.05) is 64.8 Å². The lowest BCUT2D eigenvalue weighted by molar-refractivity contribution is -0.116. The van der Waals surface area contributed by atoms with Crippen molar-refractivity contribution in [3.8, 4) is 17.2 Å². The molecule has 1 fully saturated rings. The molecule has 0 aliphatic carbocycles. The van der Waals surface area contributed by atoms with Crippen LogP contribution in [0.25, 0.3) is 0 Å². The fourth-order valence-electron chi connectivity index (χ4n) is 6.62. The first kappa shape index (κ1) is 40.5. The Morgan fingerprint density at radius 1 is 0.966 bits per heavy atom. The van der Waals surface area contributed by atoms with E-state index in [2.05, 4.69) is 27.2 Å². The van der Waals surface area contributed by atoms with Gasteiger partial charge in [-0.15, -0.1) is 0 Å². The highest BCUT2D eigenvalue weighted by Gasteiger charge is 2.45. The first-order chi connectivity index (χ1) is 27.7. The van der Waals surface area contributed by atoms with Crippen LogP contribution in [-0.2, 0) is 30.7 Å². The number of methoxy groups -OCH3 is 1. The van der Waals surface area contributed by atoms with Gasteiger partial charge in [-0.2, -0.15) is 0 Å². The van der Waals surface area contributed by atoms with Crippen molar-refractivity contribution < 1.29 is 57.9 Å². The van der Waals surface area contributed by atoms with E-state index in [1.54, 1.807) is 7.05 Å². The third-order valence-electron chi connectivity index (χ3n) is 9.32. The Morgan fingerprint density at radius 2 is 1.67 bits per heavy atom. The lowest BCUT2D eigenvalue weighted by atomic mass is 10.1. The number of carboxylic acids is 1. The Morgan fingerprint density at radius 3 is 2.36 bits per heavy atom. The van der Waals surface area contributed by atoms with Crippen molar-refractivity contribution in [3.05, 3.63) is 72.4 Å². The number of carboxylic acid groups (broad SMARTS) is 1. The van der Waals surface area contributed by atoms with Crippen LogP contribution in [0, 0.1) is 0 Å². The van der Waals surface area contributed by atoms with E-state index in [4.69, 9.17) is 18.9 Å². The summed E-state index contributed by atoms with van der Waals surface area (Å²) in [6.07, 6.45) is 4.61. The first-order valence-electron chi connectivity index (χ1n) is 17.9. The van der Waals surface area contributed by atoms with Crippen LogP contribution >= 0.6 is 0 Å². The molecule has 2 atom stereocenters. The Balaban J connectivity index is 1.05. The number of fused-ring (bicyclic) bond motifs is 2. The molecular formula is C37H41N9O12. The number of rotatable bonds is 14. The van der Waals surface area contributed by atoms with Crippen LogP contribution in [0.5, 0.6) is 17.2 Å². The summed E-state index contributed by atoms with van der Waals surface area (Å²) < 4.78 is 26.0. The zero-order valence-corrected chi connectivity index (χ0v) is 32.0. The van der Waals surface area contributed by atoms with E-state index in [1.165, 1.54) is 82.7 Å². The van der Waals surface area contributed by atoms with Crippen molar-refractivity contribution in [1.29, 1.82) is 0 Å². The summed E-state index contributed by atoms with van der Waals surface area (Å²) in [5, 5.41) is 25.7. The minimum atomic E-state index is -1.38. The van der Waals surface area contributed by atoms with E-state index < -0.39 is 42.1 Å². The Labute approximate surface area is 330 Å². The van der Waals surface area contributed by atoms with E-state index in [-0.39, 0.29) is 89.4 Å². The first-order valence-corrected chi connectivity index (χ1v) is 17.9. The number of aliphatic hydroxyl groups is 1. The molecule has 21 heteroatoms. The number of benzene rings is 1. The van der Waals surface area contributed by atoms with Gasteiger partial charge in [-0.25, -0.2) is 29.3 Å². The second kappa shape index (κ2) is 16.9. The van der Waals surface area contributed by atoms with Crippen LogP contribution in [0.15, 0.2) is 49.4 Å². The molecule has 4 aromatic rings. The minimum Gasteiger partial charge on any atom is -0.493 e. The molecule has 0 saturated carbocycles. The number of aliphatic hydroxyl groups excluding tert-OH is 1. The maximum absolute atomic E-state index is 13.6. The van der Waals surface area contributed by atoms with E-state index in [1.807, 2.05) is 0 Å². The number of carbonyl (C=O) groups is 6. The van der Waals surface area contributed by atoms with Crippen molar-refractivity contribution in [2.24, 2.45) is 21.1 Å². The number of aromatic carboxylic acids is 1. The highest BCUT2D eigenvalue weighted by atomic mass is 16.6. The SMILES string of the molecule is C=CCOC(=O)N1c2cc(OCCCC(=O)Nc3cn(C)c(C(=O)Nc4cn(C)c(C(=O)Oc5cc(C(=O)O)n(C)c5)n4)n3)c(OC)cc2C(=O)N2CCC[C@H]2C1O. The van der Waals surface area contributed by atoms with Gasteiger partial charge in [-0.05, 0) is 25.3 Å². The van der Waals surface area contributed by atoms with Crippen molar-refractivity contribution in [1.82, 2.24) is 28.6 Å². The molecule has 58 heavy (non-hydrogen) atoms. The lowest BCUT2D eigenvalue weighted by Gasteiger charge is -2.31. The summed E-state index contributed by atoms with van der Waals surface area (Å²) in [6, 6.07) is 3.42. The zero-order valence-electron chi connectivity index (χ0n) is 32.0. The van der Waals surface area contributed by atoms with Crippen LogP contribution < -0.4 is 29.7 Å². The van der Waals surface area contributed by atoms with Crippen molar-refractivity contribution in [2.75, 3.05) is 42.4 Å². The fourth-order valence-corrected chi connectivity index (χ4v) is 6.62. The van der Waals surface area contributed by atoms with Crippen LogP contribution in [0.2, 0.25) is 0 Å². The van der Waals surface area contributed by atoms with Crippen LogP contribution in [0.1, 0.15) is 67.8 Å². The van der Waals surface area contributed by atoms with Gasteiger partial charge < -0.3 is 58.4 Å². The number of anilines is 3.